The van der Waals surface area contributed by atoms with Crippen LogP contribution in [0.5, 0.6) is 5.75 Å². The summed E-state index contributed by atoms with van der Waals surface area (Å²) in [4.78, 5) is 2.33. The highest BCUT2D eigenvalue weighted by Crippen LogP contribution is 2.15. The lowest BCUT2D eigenvalue weighted by Crippen LogP contribution is -2.32. The number of rotatable bonds is 7. The molecule has 2 N–H and O–H groups in total. The summed E-state index contributed by atoms with van der Waals surface area (Å²) in [6.45, 7) is 7.22. The second-order valence-electron chi connectivity index (χ2n) is 5.28. The molecular formula is C15H26N2O. The molecule has 18 heavy (non-hydrogen) atoms. The molecule has 0 aliphatic heterocycles. The molecule has 0 saturated carbocycles. The van der Waals surface area contributed by atoms with Gasteiger partial charge in [0.05, 0.1) is 7.11 Å². The van der Waals surface area contributed by atoms with Crippen LogP contribution < -0.4 is 10.5 Å². The molecule has 1 unspecified atom stereocenters. The minimum absolute atomic E-state index is 0.563. The molecule has 3 nitrogen and oxygen atoms in total. The highest BCUT2D eigenvalue weighted by atomic mass is 16.5. The van der Waals surface area contributed by atoms with Crippen LogP contribution in [-0.4, -0.2) is 32.1 Å². The lowest BCUT2D eigenvalue weighted by Gasteiger charge is -2.25. The van der Waals surface area contributed by atoms with Gasteiger partial charge >= 0.3 is 0 Å². The molecule has 0 aromatic heterocycles. The molecular weight excluding hydrogens is 224 g/mol. The maximum atomic E-state index is 5.81. The smallest absolute Gasteiger partial charge is 0.118 e. The molecule has 0 aliphatic carbocycles. The van der Waals surface area contributed by atoms with Crippen molar-refractivity contribution >= 4 is 0 Å². The van der Waals surface area contributed by atoms with Crippen molar-refractivity contribution in [3.8, 4) is 5.75 Å². The van der Waals surface area contributed by atoms with Crippen molar-refractivity contribution in [2.45, 2.75) is 20.4 Å². The zero-order valence-corrected chi connectivity index (χ0v) is 12.0. The number of benzene rings is 1. The topological polar surface area (TPSA) is 38.5 Å². The Balaban J connectivity index is 2.50. The monoisotopic (exact) mass is 250 g/mol. The molecule has 0 fully saturated rings. The van der Waals surface area contributed by atoms with Gasteiger partial charge in [-0.1, -0.05) is 26.0 Å². The third kappa shape index (κ3) is 4.67. The molecule has 1 aromatic rings. The van der Waals surface area contributed by atoms with Crippen molar-refractivity contribution in [3.05, 3.63) is 29.8 Å². The summed E-state index contributed by atoms with van der Waals surface area (Å²) < 4.78 is 5.16. The van der Waals surface area contributed by atoms with Gasteiger partial charge in [-0.15, -0.1) is 0 Å². The molecule has 1 rings (SSSR count). The molecule has 0 amide bonds. The largest absolute Gasteiger partial charge is 0.497 e. The van der Waals surface area contributed by atoms with Gasteiger partial charge in [0.2, 0.25) is 0 Å². The van der Waals surface area contributed by atoms with Gasteiger partial charge in [-0.25, -0.2) is 0 Å². The molecule has 1 atom stereocenters. The van der Waals surface area contributed by atoms with E-state index < -0.39 is 0 Å². The fourth-order valence-corrected chi connectivity index (χ4v) is 2.07. The molecule has 102 valence electrons. The first-order valence-electron chi connectivity index (χ1n) is 6.58. The van der Waals surface area contributed by atoms with Crippen LogP contribution in [0.15, 0.2) is 24.3 Å². The highest BCUT2D eigenvalue weighted by molar-refractivity contribution is 5.27. The quantitative estimate of drug-likeness (QED) is 0.807. The summed E-state index contributed by atoms with van der Waals surface area (Å²) in [7, 11) is 3.84. The first-order valence-corrected chi connectivity index (χ1v) is 6.58. The van der Waals surface area contributed by atoms with Crippen LogP contribution in [0.25, 0.3) is 0 Å². The van der Waals surface area contributed by atoms with Crippen LogP contribution in [0.3, 0.4) is 0 Å². The van der Waals surface area contributed by atoms with Crippen LogP contribution in [0.1, 0.15) is 19.4 Å². The Hall–Kier alpha value is -1.06. The third-order valence-electron chi connectivity index (χ3n) is 3.40. The minimum atomic E-state index is 0.563. The number of hydrogen-bond acceptors (Lipinski definition) is 3. The maximum absolute atomic E-state index is 5.81. The molecule has 0 radical (unpaired) electrons. The molecule has 3 heteroatoms. The first-order chi connectivity index (χ1) is 8.56. The number of hydrogen-bond donors (Lipinski definition) is 1. The van der Waals surface area contributed by atoms with Crippen LogP contribution in [0.2, 0.25) is 0 Å². The minimum Gasteiger partial charge on any atom is -0.497 e. The maximum Gasteiger partial charge on any atom is 0.118 e. The van der Waals surface area contributed by atoms with Gasteiger partial charge in [0.15, 0.2) is 0 Å². The molecule has 1 aromatic carbocycles. The summed E-state index contributed by atoms with van der Waals surface area (Å²) in [5.41, 5.74) is 7.11. The average molecular weight is 250 g/mol. The first kappa shape index (κ1) is 15.0. The van der Waals surface area contributed by atoms with Crippen LogP contribution in [-0.2, 0) is 6.54 Å². The normalized spacial score (nSPS) is 13.1. The van der Waals surface area contributed by atoms with Crippen molar-refractivity contribution in [1.82, 2.24) is 4.90 Å². The van der Waals surface area contributed by atoms with Gasteiger partial charge in [0.1, 0.15) is 5.75 Å². The summed E-state index contributed by atoms with van der Waals surface area (Å²) in [6.07, 6.45) is 0. The van der Waals surface area contributed by atoms with E-state index in [0.29, 0.717) is 11.8 Å². The van der Waals surface area contributed by atoms with Crippen molar-refractivity contribution in [2.75, 3.05) is 27.2 Å². The predicted octanol–water partition coefficient (Wildman–Crippen LogP) is 2.36. The average Bonchev–Trinajstić information content (AvgIpc) is 2.36. The fourth-order valence-electron chi connectivity index (χ4n) is 2.07. The Bertz CT molecular complexity index is 335. The van der Waals surface area contributed by atoms with E-state index in [9.17, 15) is 0 Å². The molecule has 0 bridgehead atoms. The standard InChI is InChI=1S/C15H26N2O/c1-12(2)14(9-16)11-17(3)10-13-5-7-15(18-4)8-6-13/h5-8,12,14H,9-11,16H2,1-4H3. The number of nitrogens with two attached hydrogens (primary N) is 1. The highest BCUT2D eigenvalue weighted by Gasteiger charge is 2.13. The van der Waals surface area contributed by atoms with E-state index >= 15 is 0 Å². The lowest BCUT2D eigenvalue weighted by atomic mass is 9.95. The van der Waals surface area contributed by atoms with Crippen molar-refractivity contribution in [1.29, 1.82) is 0 Å². The van der Waals surface area contributed by atoms with Crippen molar-refractivity contribution < 1.29 is 4.74 Å². The third-order valence-corrected chi connectivity index (χ3v) is 3.40. The zero-order valence-electron chi connectivity index (χ0n) is 12.0. The second-order valence-corrected chi connectivity index (χ2v) is 5.28. The van der Waals surface area contributed by atoms with E-state index in [-0.39, 0.29) is 0 Å². The summed E-state index contributed by atoms with van der Waals surface area (Å²) >= 11 is 0. The van der Waals surface area contributed by atoms with E-state index in [1.807, 2.05) is 12.1 Å². The van der Waals surface area contributed by atoms with Gasteiger partial charge in [0, 0.05) is 13.1 Å². The van der Waals surface area contributed by atoms with E-state index in [4.69, 9.17) is 10.5 Å². The number of methoxy groups -OCH3 is 1. The molecule has 0 heterocycles. The lowest BCUT2D eigenvalue weighted by molar-refractivity contribution is 0.234. The fraction of sp³-hybridized carbons (Fsp3) is 0.600. The van der Waals surface area contributed by atoms with E-state index in [1.165, 1.54) is 5.56 Å². The Labute approximate surface area is 111 Å². The van der Waals surface area contributed by atoms with Crippen LogP contribution >= 0.6 is 0 Å². The second kappa shape index (κ2) is 7.39. The van der Waals surface area contributed by atoms with Crippen LogP contribution in [0.4, 0.5) is 0 Å². The van der Waals surface area contributed by atoms with Crippen LogP contribution in [0, 0.1) is 11.8 Å². The van der Waals surface area contributed by atoms with E-state index in [0.717, 1.165) is 25.4 Å². The number of nitrogens with zero attached hydrogens (tertiary/aromatic N) is 1. The molecule has 0 saturated heterocycles. The molecule has 0 aliphatic rings. The summed E-state index contributed by atoms with van der Waals surface area (Å²) in [5, 5.41) is 0. The van der Waals surface area contributed by atoms with Crippen molar-refractivity contribution in [3.63, 3.8) is 0 Å². The van der Waals surface area contributed by atoms with Gasteiger partial charge in [-0.2, -0.15) is 0 Å². The number of ether oxygens (including phenoxy) is 1. The molecule has 0 spiro atoms. The van der Waals surface area contributed by atoms with E-state index in [1.54, 1.807) is 7.11 Å². The SMILES string of the molecule is COc1ccc(CN(C)CC(CN)C(C)C)cc1. The predicted molar refractivity (Wildman–Crippen MR) is 76.7 cm³/mol. The van der Waals surface area contributed by atoms with E-state index in [2.05, 4.69) is 37.9 Å². The van der Waals surface area contributed by atoms with Gasteiger partial charge < -0.3 is 15.4 Å². The Kier molecular flexibility index (Phi) is 6.16. The van der Waals surface area contributed by atoms with Gasteiger partial charge in [-0.05, 0) is 43.1 Å². The zero-order chi connectivity index (χ0) is 13.5. The summed E-state index contributed by atoms with van der Waals surface area (Å²) in [6, 6.07) is 8.24. The van der Waals surface area contributed by atoms with Gasteiger partial charge in [-0.3, -0.25) is 0 Å². The summed E-state index contributed by atoms with van der Waals surface area (Å²) in [5.74, 6) is 2.10. The Morgan fingerprint density at radius 2 is 1.83 bits per heavy atom. The Morgan fingerprint density at radius 1 is 1.22 bits per heavy atom. The van der Waals surface area contributed by atoms with Crippen molar-refractivity contribution in [2.24, 2.45) is 17.6 Å². The Morgan fingerprint density at radius 3 is 2.28 bits per heavy atom. The van der Waals surface area contributed by atoms with Gasteiger partial charge in [0.25, 0.3) is 0 Å².